The molecule has 0 aliphatic carbocycles. The topological polar surface area (TPSA) is 76.7 Å². The molecule has 2 N–H and O–H groups in total. The van der Waals surface area contributed by atoms with E-state index >= 15 is 0 Å². The van der Waals surface area contributed by atoms with Crippen molar-refractivity contribution in [2.45, 2.75) is 0 Å². The van der Waals surface area contributed by atoms with Crippen LogP contribution in [0.1, 0.15) is 10.4 Å². The van der Waals surface area contributed by atoms with Gasteiger partial charge in [-0.1, -0.05) is 42.5 Å². The number of fused-ring (bicyclic) bond motifs is 1. The number of rotatable bonds is 3. The summed E-state index contributed by atoms with van der Waals surface area (Å²) < 4.78 is 10.5. The standard InChI is InChI=1S/C21H16N2O4/c24-20(16-9-10-18-19(12-16)27-13-26-18)23-21(25)22-17-8-4-7-15(11-17)14-5-2-1-3-6-14/h1-12H,13H2,(H2,22,23,24,25). The summed E-state index contributed by atoms with van der Waals surface area (Å²) in [5.41, 5.74) is 2.91. The number of hydrogen-bond acceptors (Lipinski definition) is 4. The van der Waals surface area contributed by atoms with E-state index in [9.17, 15) is 9.59 Å². The molecule has 0 fully saturated rings. The molecule has 0 atom stereocenters. The average Bonchev–Trinajstić information content (AvgIpc) is 3.16. The van der Waals surface area contributed by atoms with Crippen molar-refractivity contribution in [3.63, 3.8) is 0 Å². The lowest BCUT2D eigenvalue weighted by Crippen LogP contribution is -2.34. The van der Waals surface area contributed by atoms with Crippen LogP contribution >= 0.6 is 0 Å². The Labute approximate surface area is 155 Å². The normalized spacial score (nSPS) is 11.7. The molecule has 27 heavy (non-hydrogen) atoms. The summed E-state index contributed by atoms with van der Waals surface area (Å²) in [5.74, 6) is 0.539. The fraction of sp³-hybridized carbons (Fsp3) is 0.0476. The first-order chi connectivity index (χ1) is 13.2. The molecule has 1 heterocycles. The van der Waals surface area contributed by atoms with Crippen molar-refractivity contribution >= 4 is 17.6 Å². The van der Waals surface area contributed by atoms with Gasteiger partial charge in [-0.05, 0) is 41.5 Å². The molecule has 0 aromatic heterocycles. The molecule has 0 radical (unpaired) electrons. The van der Waals surface area contributed by atoms with Crippen LogP contribution in [0.25, 0.3) is 11.1 Å². The van der Waals surface area contributed by atoms with Gasteiger partial charge < -0.3 is 14.8 Å². The molecule has 3 aromatic rings. The number of nitrogens with one attached hydrogen (secondary N) is 2. The number of carbonyl (C=O) groups is 2. The molecular formula is C21H16N2O4. The quantitative estimate of drug-likeness (QED) is 0.739. The van der Waals surface area contributed by atoms with Crippen LogP contribution in [0.15, 0.2) is 72.8 Å². The minimum absolute atomic E-state index is 0.124. The number of imide groups is 1. The van der Waals surface area contributed by atoms with Crippen LogP contribution in [-0.4, -0.2) is 18.7 Å². The van der Waals surface area contributed by atoms with Gasteiger partial charge in [0.25, 0.3) is 5.91 Å². The Morgan fingerprint density at radius 1 is 0.778 bits per heavy atom. The SMILES string of the molecule is O=C(NC(=O)c1ccc2c(c1)OCO2)Nc1cccc(-c2ccccc2)c1. The molecule has 3 aromatic carbocycles. The fourth-order valence-corrected chi connectivity index (χ4v) is 2.78. The van der Waals surface area contributed by atoms with Gasteiger partial charge in [0.1, 0.15) is 0 Å². The van der Waals surface area contributed by atoms with Gasteiger partial charge >= 0.3 is 6.03 Å². The molecule has 6 nitrogen and oxygen atoms in total. The number of ether oxygens (including phenoxy) is 2. The summed E-state index contributed by atoms with van der Waals surface area (Å²) in [4.78, 5) is 24.4. The van der Waals surface area contributed by atoms with E-state index in [2.05, 4.69) is 10.6 Å². The summed E-state index contributed by atoms with van der Waals surface area (Å²) in [5, 5.41) is 4.99. The van der Waals surface area contributed by atoms with E-state index in [-0.39, 0.29) is 6.79 Å². The van der Waals surface area contributed by atoms with Crippen molar-refractivity contribution in [2.75, 3.05) is 12.1 Å². The van der Waals surface area contributed by atoms with Crippen molar-refractivity contribution in [3.8, 4) is 22.6 Å². The molecule has 0 bridgehead atoms. The minimum Gasteiger partial charge on any atom is -0.454 e. The summed E-state index contributed by atoms with van der Waals surface area (Å²) >= 11 is 0. The van der Waals surface area contributed by atoms with E-state index in [1.165, 1.54) is 0 Å². The van der Waals surface area contributed by atoms with Crippen molar-refractivity contribution in [3.05, 3.63) is 78.4 Å². The average molecular weight is 360 g/mol. The lowest BCUT2D eigenvalue weighted by molar-refractivity contribution is 0.0966. The van der Waals surface area contributed by atoms with E-state index in [0.717, 1.165) is 11.1 Å². The molecule has 134 valence electrons. The number of hydrogen-bond donors (Lipinski definition) is 2. The van der Waals surface area contributed by atoms with Gasteiger partial charge in [-0.25, -0.2) is 4.79 Å². The monoisotopic (exact) mass is 360 g/mol. The molecule has 0 spiro atoms. The molecule has 0 saturated heterocycles. The maximum atomic E-state index is 12.3. The summed E-state index contributed by atoms with van der Waals surface area (Å²) in [6.07, 6.45) is 0. The molecule has 4 rings (SSSR count). The second kappa shape index (κ2) is 7.21. The van der Waals surface area contributed by atoms with Crippen molar-refractivity contribution < 1.29 is 19.1 Å². The Kier molecular flexibility index (Phi) is 4.45. The number of carbonyl (C=O) groups excluding carboxylic acids is 2. The third kappa shape index (κ3) is 3.74. The van der Waals surface area contributed by atoms with Crippen LogP contribution in [0.3, 0.4) is 0 Å². The van der Waals surface area contributed by atoms with E-state index in [1.807, 2.05) is 48.5 Å². The minimum atomic E-state index is -0.608. The Morgan fingerprint density at radius 2 is 1.56 bits per heavy atom. The summed E-state index contributed by atoms with van der Waals surface area (Å²) in [7, 11) is 0. The maximum absolute atomic E-state index is 12.3. The van der Waals surface area contributed by atoms with Crippen LogP contribution in [-0.2, 0) is 0 Å². The molecule has 3 amide bonds. The van der Waals surface area contributed by atoms with Crippen LogP contribution in [0, 0.1) is 0 Å². The zero-order valence-electron chi connectivity index (χ0n) is 14.3. The van der Waals surface area contributed by atoms with Crippen LogP contribution in [0.2, 0.25) is 0 Å². The number of anilines is 1. The van der Waals surface area contributed by atoms with Gasteiger partial charge in [0.05, 0.1) is 0 Å². The zero-order chi connectivity index (χ0) is 18.6. The lowest BCUT2D eigenvalue weighted by atomic mass is 10.1. The Hall–Kier alpha value is -3.80. The third-order valence-electron chi connectivity index (χ3n) is 4.09. The Balaban J connectivity index is 1.43. The largest absolute Gasteiger partial charge is 0.454 e. The van der Waals surface area contributed by atoms with Gasteiger partial charge in [0, 0.05) is 11.3 Å². The van der Waals surface area contributed by atoms with Gasteiger partial charge in [-0.2, -0.15) is 0 Å². The van der Waals surface area contributed by atoms with Crippen molar-refractivity contribution in [2.24, 2.45) is 0 Å². The van der Waals surface area contributed by atoms with E-state index in [4.69, 9.17) is 9.47 Å². The lowest BCUT2D eigenvalue weighted by Gasteiger charge is -2.09. The molecule has 6 heteroatoms. The predicted octanol–water partition coefficient (Wildman–Crippen LogP) is 4.04. The fourth-order valence-electron chi connectivity index (χ4n) is 2.78. The first-order valence-electron chi connectivity index (χ1n) is 8.36. The Morgan fingerprint density at radius 3 is 2.41 bits per heavy atom. The van der Waals surface area contributed by atoms with Crippen molar-refractivity contribution in [1.82, 2.24) is 5.32 Å². The maximum Gasteiger partial charge on any atom is 0.326 e. The number of benzene rings is 3. The first-order valence-corrected chi connectivity index (χ1v) is 8.36. The highest BCUT2D eigenvalue weighted by Crippen LogP contribution is 2.32. The first kappa shape index (κ1) is 16.7. The van der Waals surface area contributed by atoms with Crippen LogP contribution in [0.4, 0.5) is 10.5 Å². The summed E-state index contributed by atoms with van der Waals surface area (Å²) in [6.45, 7) is 0.124. The Bertz CT molecular complexity index is 1000. The molecule has 1 aliphatic rings. The van der Waals surface area contributed by atoms with Crippen LogP contribution in [0.5, 0.6) is 11.5 Å². The third-order valence-corrected chi connectivity index (χ3v) is 4.09. The van der Waals surface area contributed by atoms with E-state index < -0.39 is 11.9 Å². The van der Waals surface area contributed by atoms with Crippen LogP contribution < -0.4 is 20.1 Å². The van der Waals surface area contributed by atoms with Gasteiger partial charge in [-0.3, -0.25) is 10.1 Å². The number of amides is 3. The molecule has 0 saturated carbocycles. The predicted molar refractivity (Wildman–Crippen MR) is 101 cm³/mol. The second-order valence-corrected chi connectivity index (χ2v) is 5.92. The highest BCUT2D eigenvalue weighted by Gasteiger charge is 2.17. The second-order valence-electron chi connectivity index (χ2n) is 5.92. The molecule has 1 aliphatic heterocycles. The number of urea groups is 1. The molecule has 0 unspecified atom stereocenters. The van der Waals surface area contributed by atoms with Gasteiger partial charge in [0.15, 0.2) is 11.5 Å². The summed E-state index contributed by atoms with van der Waals surface area (Å²) in [6, 6.07) is 21.4. The van der Waals surface area contributed by atoms with Gasteiger partial charge in [0.2, 0.25) is 6.79 Å². The molecular weight excluding hydrogens is 344 g/mol. The highest BCUT2D eigenvalue weighted by atomic mass is 16.7. The highest BCUT2D eigenvalue weighted by molar-refractivity contribution is 6.08. The zero-order valence-corrected chi connectivity index (χ0v) is 14.3. The van der Waals surface area contributed by atoms with E-state index in [1.54, 1.807) is 24.3 Å². The smallest absolute Gasteiger partial charge is 0.326 e. The van der Waals surface area contributed by atoms with E-state index in [0.29, 0.717) is 22.7 Å². The van der Waals surface area contributed by atoms with Gasteiger partial charge in [-0.15, -0.1) is 0 Å². The van der Waals surface area contributed by atoms with Crippen molar-refractivity contribution in [1.29, 1.82) is 0 Å².